The summed E-state index contributed by atoms with van der Waals surface area (Å²) in [5.74, 6) is -0.831. The Kier molecular flexibility index (Phi) is 6.15. The Morgan fingerprint density at radius 1 is 1.16 bits per heavy atom. The number of amides is 1. The number of nitrogens with one attached hydrogen (secondary N) is 1. The van der Waals surface area contributed by atoms with Crippen molar-refractivity contribution < 1.29 is 14.3 Å². The highest BCUT2D eigenvalue weighted by Crippen LogP contribution is 2.23. The number of carbonyl (C=O) groups is 2. The summed E-state index contributed by atoms with van der Waals surface area (Å²) in [4.78, 5) is 24.8. The first-order valence-corrected chi connectivity index (χ1v) is 8.89. The summed E-state index contributed by atoms with van der Waals surface area (Å²) >= 11 is 1.40. The van der Waals surface area contributed by atoms with E-state index in [1.54, 1.807) is 12.1 Å². The number of carbonyl (C=O) groups excluding carboxylic acids is 2. The van der Waals surface area contributed by atoms with Crippen LogP contribution in [-0.4, -0.2) is 19.0 Å². The Bertz CT molecular complexity index is 740. The Hall–Kier alpha value is -2.40. The van der Waals surface area contributed by atoms with Crippen molar-refractivity contribution in [1.82, 2.24) is 5.32 Å². The third kappa shape index (κ3) is 5.29. The van der Waals surface area contributed by atoms with Crippen molar-refractivity contribution in [3.05, 3.63) is 63.9 Å². The van der Waals surface area contributed by atoms with E-state index < -0.39 is 12.0 Å². The number of methoxy groups -OCH3 is 1. The summed E-state index contributed by atoms with van der Waals surface area (Å²) in [6, 6.07) is 10.9. The first kappa shape index (κ1) is 18.9. The minimum Gasteiger partial charge on any atom is -0.467 e. The van der Waals surface area contributed by atoms with Crippen molar-refractivity contribution in [2.75, 3.05) is 7.11 Å². The molecule has 0 fully saturated rings. The van der Waals surface area contributed by atoms with Gasteiger partial charge in [-0.2, -0.15) is 0 Å². The highest BCUT2D eigenvalue weighted by atomic mass is 32.1. The second-order valence-corrected chi connectivity index (χ2v) is 7.66. The van der Waals surface area contributed by atoms with Gasteiger partial charge in [0.2, 0.25) is 5.91 Å². The van der Waals surface area contributed by atoms with Crippen LogP contribution in [0.2, 0.25) is 0 Å². The lowest BCUT2D eigenvalue weighted by molar-refractivity contribution is -0.144. The highest BCUT2D eigenvalue weighted by molar-refractivity contribution is 7.10. The van der Waals surface area contributed by atoms with Crippen LogP contribution in [0.1, 0.15) is 42.8 Å². The lowest BCUT2D eigenvalue weighted by Gasteiger charge is -2.18. The van der Waals surface area contributed by atoms with Gasteiger partial charge in [0.25, 0.3) is 0 Å². The van der Waals surface area contributed by atoms with Gasteiger partial charge in [-0.3, -0.25) is 4.79 Å². The van der Waals surface area contributed by atoms with E-state index in [-0.39, 0.29) is 11.3 Å². The zero-order valence-corrected chi connectivity index (χ0v) is 15.7. The standard InChI is InChI=1S/C20H23NO3S/c1-20(2,3)15-10-7-14(8-11-15)9-12-17(22)21-18(19(23)24-4)16-6-5-13-25-16/h5-13,18H,1-4H3,(H,21,22)/b12-9+. The lowest BCUT2D eigenvalue weighted by atomic mass is 9.87. The monoisotopic (exact) mass is 357 g/mol. The molecule has 1 atom stereocenters. The molecule has 4 nitrogen and oxygen atoms in total. The molecular weight excluding hydrogens is 334 g/mol. The van der Waals surface area contributed by atoms with Crippen molar-refractivity contribution in [3.63, 3.8) is 0 Å². The third-order valence-corrected chi connectivity index (χ3v) is 4.69. The molecule has 1 heterocycles. The van der Waals surface area contributed by atoms with Crippen molar-refractivity contribution in [1.29, 1.82) is 0 Å². The molecule has 5 heteroatoms. The van der Waals surface area contributed by atoms with Crippen LogP contribution in [0.4, 0.5) is 0 Å². The molecule has 0 aliphatic carbocycles. The number of ether oxygens (including phenoxy) is 1. The molecule has 2 aromatic rings. The van der Waals surface area contributed by atoms with Gasteiger partial charge in [0, 0.05) is 11.0 Å². The van der Waals surface area contributed by atoms with E-state index in [1.807, 2.05) is 23.6 Å². The molecule has 1 amide bonds. The quantitative estimate of drug-likeness (QED) is 0.648. The van der Waals surface area contributed by atoms with Crippen LogP contribution >= 0.6 is 11.3 Å². The minimum atomic E-state index is -0.787. The molecule has 132 valence electrons. The maximum absolute atomic E-state index is 12.2. The van der Waals surface area contributed by atoms with Gasteiger partial charge >= 0.3 is 5.97 Å². The molecule has 1 N–H and O–H groups in total. The van der Waals surface area contributed by atoms with Crippen LogP contribution in [0, 0.1) is 0 Å². The van der Waals surface area contributed by atoms with E-state index in [0.717, 1.165) is 10.4 Å². The summed E-state index contributed by atoms with van der Waals surface area (Å²) in [7, 11) is 1.31. The van der Waals surface area contributed by atoms with Gasteiger partial charge in [-0.1, -0.05) is 51.1 Å². The van der Waals surface area contributed by atoms with Crippen LogP contribution in [0.3, 0.4) is 0 Å². The van der Waals surface area contributed by atoms with Crippen LogP contribution in [-0.2, 0) is 19.7 Å². The summed E-state index contributed by atoms with van der Waals surface area (Å²) < 4.78 is 4.77. The van der Waals surface area contributed by atoms with Gasteiger partial charge in [-0.05, 0) is 34.1 Å². The molecule has 0 bridgehead atoms. The van der Waals surface area contributed by atoms with E-state index >= 15 is 0 Å². The number of thiophene rings is 1. The number of hydrogen-bond acceptors (Lipinski definition) is 4. The van der Waals surface area contributed by atoms with Gasteiger partial charge in [0.05, 0.1) is 7.11 Å². The lowest BCUT2D eigenvalue weighted by Crippen LogP contribution is -2.32. The Morgan fingerprint density at radius 3 is 2.36 bits per heavy atom. The number of esters is 1. The number of benzene rings is 1. The summed E-state index contributed by atoms with van der Waals surface area (Å²) in [5.41, 5.74) is 2.25. The predicted molar refractivity (Wildman–Crippen MR) is 101 cm³/mol. The first-order valence-electron chi connectivity index (χ1n) is 8.01. The smallest absolute Gasteiger partial charge is 0.333 e. The summed E-state index contributed by atoms with van der Waals surface area (Å²) in [5, 5.41) is 4.54. The van der Waals surface area contributed by atoms with Gasteiger partial charge in [0.1, 0.15) is 0 Å². The molecule has 0 saturated heterocycles. The molecule has 0 saturated carbocycles. The Labute approximate surface area is 152 Å². The minimum absolute atomic E-state index is 0.0913. The SMILES string of the molecule is COC(=O)C(NC(=O)/C=C/c1ccc(C(C)(C)C)cc1)c1cccs1. The fraction of sp³-hybridized carbons (Fsp3) is 0.300. The molecule has 25 heavy (non-hydrogen) atoms. The van der Waals surface area contributed by atoms with E-state index in [0.29, 0.717) is 0 Å². The largest absolute Gasteiger partial charge is 0.467 e. The van der Waals surface area contributed by atoms with Gasteiger partial charge in [-0.15, -0.1) is 11.3 Å². The molecule has 1 aromatic heterocycles. The summed E-state index contributed by atoms with van der Waals surface area (Å²) in [6.45, 7) is 6.47. The highest BCUT2D eigenvalue weighted by Gasteiger charge is 2.23. The number of hydrogen-bond donors (Lipinski definition) is 1. The van der Waals surface area contributed by atoms with Gasteiger partial charge < -0.3 is 10.1 Å². The zero-order valence-electron chi connectivity index (χ0n) is 14.9. The molecule has 2 rings (SSSR count). The topological polar surface area (TPSA) is 55.4 Å². The molecule has 0 aliphatic rings. The van der Waals surface area contributed by atoms with Crippen molar-refractivity contribution in [2.24, 2.45) is 0 Å². The maximum Gasteiger partial charge on any atom is 0.333 e. The van der Waals surface area contributed by atoms with Crippen LogP contribution in [0.5, 0.6) is 0 Å². The molecule has 1 aromatic carbocycles. The second kappa shape index (κ2) is 8.12. The average Bonchev–Trinajstić information content (AvgIpc) is 3.11. The molecular formula is C20H23NO3S. The van der Waals surface area contributed by atoms with Crippen molar-refractivity contribution >= 4 is 29.3 Å². The van der Waals surface area contributed by atoms with Crippen LogP contribution in [0.25, 0.3) is 6.08 Å². The van der Waals surface area contributed by atoms with Crippen molar-refractivity contribution in [2.45, 2.75) is 32.2 Å². The maximum atomic E-state index is 12.2. The zero-order chi connectivity index (χ0) is 18.4. The van der Waals surface area contributed by atoms with Gasteiger partial charge in [-0.25, -0.2) is 4.79 Å². The first-order chi connectivity index (χ1) is 11.8. The van der Waals surface area contributed by atoms with E-state index in [9.17, 15) is 9.59 Å². The Balaban J connectivity index is 2.05. The average molecular weight is 357 g/mol. The van der Waals surface area contributed by atoms with E-state index in [2.05, 4.69) is 38.2 Å². The molecule has 0 radical (unpaired) electrons. The molecule has 1 unspecified atom stereocenters. The number of rotatable bonds is 5. The second-order valence-electron chi connectivity index (χ2n) is 6.69. The predicted octanol–water partition coefficient (Wildman–Crippen LogP) is 4.09. The third-order valence-electron chi connectivity index (χ3n) is 3.76. The van der Waals surface area contributed by atoms with E-state index in [4.69, 9.17) is 4.74 Å². The molecule has 0 spiro atoms. The fourth-order valence-corrected chi connectivity index (χ4v) is 3.04. The van der Waals surface area contributed by atoms with Crippen LogP contribution < -0.4 is 5.32 Å². The molecule has 0 aliphatic heterocycles. The van der Waals surface area contributed by atoms with Crippen molar-refractivity contribution in [3.8, 4) is 0 Å². The van der Waals surface area contributed by atoms with E-state index in [1.165, 1.54) is 30.1 Å². The van der Waals surface area contributed by atoms with Crippen LogP contribution in [0.15, 0.2) is 47.9 Å². The normalized spacial score (nSPS) is 12.8. The van der Waals surface area contributed by atoms with Gasteiger partial charge in [0.15, 0.2) is 6.04 Å². The fourth-order valence-electron chi connectivity index (χ4n) is 2.28. The Morgan fingerprint density at radius 2 is 1.84 bits per heavy atom. The summed E-state index contributed by atoms with van der Waals surface area (Å²) in [6.07, 6.45) is 3.15.